The Hall–Kier alpha value is -2.60. The maximum atomic E-state index is 13.1. The van der Waals surface area contributed by atoms with E-state index < -0.39 is 0 Å². The van der Waals surface area contributed by atoms with Crippen molar-refractivity contribution in [1.82, 2.24) is 4.90 Å². The molecule has 0 radical (unpaired) electrons. The van der Waals surface area contributed by atoms with Crippen LogP contribution in [0.4, 0.5) is 14.9 Å². The molecule has 144 valence electrons. The first kappa shape index (κ1) is 19.2. The molecule has 1 saturated carbocycles. The zero-order valence-corrected chi connectivity index (χ0v) is 15.4. The standard InChI is InChI=1S/C21H25FN2O3/c1-27-20-4-2-3-15(13-20)14-24(18-9-11-19(25)12-10-18)21(26)23-17-7-5-16(22)6-8-17/h2-8,13,18-19,25H,9-12,14H2,1H3,(H,23,26). The van der Waals surface area contributed by atoms with Gasteiger partial charge in [-0.1, -0.05) is 12.1 Å². The lowest BCUT2D eigenvalue weighted by Gasteiger charge is -2.36. The number of nitrogens with one attached hydrogen (secondary N) is 1. The van der Waals surface area contributed by atoms with Crippen molar-refractivity contribution < 1.29 is 19.0 Å². The lowest BCUT2D eigenvalue weighted by atomic mass is 9.92. The van der Waals surface area contributed by atoms with Crippen LogP contribution in [0.25, 0.3) is 0 Å². The van der Waals surface area contributed by atoms with Gasteiger partial charge in [-0.15, -0.1) is 0 Å². The maximum absolute atomic E-state index is 13.1. The summed E-state index contributed by atoms with van der Waals surface area (Å²) in [6, 6.07) is 13.2. The number of anilines is 1. The van der Waals surface area contributed by atoms with Gasteiger partial charge in [-0.2, -0.15) is 0 Å². The normalized spacial score (nSPS) is 19.4. The summed E-state index contributed by atoms with van der Waals surface area (Å²) in [5, 5.41) is 12.6. The molecule has 0 atom stereocenters. The minimum Gasteiger partial charge on any atom is -0.497 e. The predicted octanol–water partition coefficient (Wildman–Crippen LogP) is 4.17. The van der Waals surface area contributed by atoms with Crippen molar-refractivity contribution in [2.45, 2.75) is 44.4 Å². The Balaban J connectivity index is 1.77. The molecule has 0 bridgehead atoms. The second-order valence-electron chi connectivity index (χ2n) is 6.88. The van der Waals surface area contributed by atoms with Crippen LogP contribution in [-0.4, -0.2) is 35.3 Å². The number of methoxy groups -OCH3 is 1. The third-order valence-electron chi connectivity index (χ3n) is 4.95. The lowest BCUT2D eigenvalue weighted by molar-refractivity contribution is 0.0849. The second-order valence-corrected chi connectivity index (χ2v) is 6.88. The lowest BCUT2D eigenvalue weighted by Crippen LogP contribution is -2.44. The minimum absolute atomic E-state index is 0.0417. The molecule has 0 unspecified atom stereocenters. The molecule has 2 amide bonds. The molecule has 0 saturated heterocycles. The molecule has 1 aliphatic rings. The number of benzene rings is 2. The fourth-order valence-corrected chi connectivity index (χ4v) is 3.43. The van der Waals surface area contributed by atoms with Crippen LogP contribution in [0.5, 0.6) is 5.75 Å². The molecule has 6 heteroatoms. The van der Waals surface area contributed by atoms with E-state index in [1.54, 1.807) is 24.1 Å². The fourth-order valence-electron chi connectivity index (χ4n) is 3.43. The van der Waals surface area contributed by atoms with E-state index in [1.165, 1.54) is 12.1 Å². The first-order chi connectivity index (χ1) is 13.0. The summed E-state index contributed by atoms with van der Waals surface area (Å²) in [6.07, 6.45) is 2.58. The average Bonchev–Trinajstić information content (AvgIpc) is 2.69. The Morgan fingerprint density at radius 3 is 2.56 bits per heavy atom. The van der Waals surface area contributed by atoms with Crippen molar-refractivity contribution in [2.24, 2.45) is 0 Å². The highest BCUT2D eigenvalue weighted by Gasteiger charge is 2.28. The molecule has 0 aliphatic heterocycles. The summed E-state index contributed by atoms with van der Waals surface area (Å²) < 4.78 is 18.4. The predicted molar refractivity (Wildman–Crippen MR) is 102 cm³/mol. The van der Waals surface area contributed by atoms with Crippen LogP contribution < -0.4 is 10.1 Å². The monoisotopic (exact) mass is 372 g/mol. The molecular formula is C21H25FN2O3. The van der Waals surface area contributed by atoms with E-state index in [1.807, 2.05) is 24.3 Å². The van der Waals surface area contributed by atoms with Crippen molar-refractivity contribution >= 4 is 11.7 Å². The van der Waals surface area contributed by atoms with E-state index in [-0.39, 0.29) is 24.0 Å². The minimum atomic E-state index is -0.345. The average molecular weight is 372 g/mol. The van der Waals surface area contributed by atoms with Gasteiger partial charge in [-0.05, 0) is 67.6 Å². The van der Waals surface area contributed by atoms with E-state index in [4.69, 9.17) is 4.74 Å². The molecule has 0 aromatic heterocycles. The van der Waals surface area contributed by atoms with Gasteiger partial charge in [0.2, 0.25) is 0 Å². The van der Waals surface area contributed by atoms with Crippen LogP contribution >= 0.6 is 0 Å². The number of urea groups is 1. The molecule has 2 N–H and O–H groups in total. The van der Waals surface area contributed by atoms with Crippen molar-refractivity contribution in [3.8, 4) is 5.75 Å². The summed E-state index contributed by atoms with van der Waals surface area (Å²) in [5.41, 5.74) is 1.52. The number of carbonyl (C=O) groups is 1. The second kappa shape index (κ2) is 8.86. The third kappa shape index (κ3) is 5.20. The van der Waals surface area contributed by atoms with E-state index in [0.717, 1.165) is 24.2 Å². The number of carbonyl (C=O) groups excluding carboxylic acids is 1. The van der Waals surface area contributed by atoms with E-state index in [2.05, 4.69) is 5.32 Å². The van der Waals surface area contributed by atoms with E-state index in [9.17, 15) is 14.3 Å². The van der Waals surface area contributed by atoms with E-state index >= 15 is 0 Å². The van der Waals surface area contributed by atoms with Crippen LogP contribution in [0.1, 0.15) is 31.2 Å². The highest BCUT2D eigenvalue weighted by molar-refractivity contribution is 5.89. The van der Waals surface area contributed by atoms with Gasteiger partial charge in [0.15, 0.2) is 0 Å². The molecule has 2 aromatic carbocycles. The number of rotatable bonds is 5. The van der Waals surface area contributed by atoms with Crippen molar-refractivity contribution in [3.63, 3.8) is 0 Å². The molecule has 27 heavy (non-hydrogen) atoms. The Morgan fingerprint density at radius 2 is 1.89 bits per heavy atom. The maximum Gasteiger partial charge on any atom is 0.322 e. The molecule has 5 nitrogen and oxygen atoms in total. The van der Waals surface area contributed by atoms with Crippen LogP contribution in [0.2, 0.25) is 0 Å². The summed E-state index contributed by atoms with van der Waals surface area (Å²) in [4.78, 5) is 14.8. The van der Waals surface area contributed by atoms with Crippen LogP contribution in [-0.2, 0) is 6.54 Å². The number of ether oxygens (including phenoxy) is 1. The summed E-state index contributed by atoms with van der Waals surface area (Å²) >= 11 is 0. The third-order valence-corrected chi connectivity index (χ3v) is 4.95. The first-order valence-electron chi connectivity index (χ1n) is 9.19. The SMILES string of the molecule is COc1cccc(CN(C(=O)Nc2ccc(F)cc2)C2CCC(O)CC2)c1. The van der Waals surface area contributed by atoms with Gasteiger partial charge in [0.1, 0.15) is 11.6 Å². The fraction of sp³-hybridized carbons (Fsp3) is 0.381. The van der Waals surface area contributed by atoms with Crippen LogP contribution in [0.3, 0.4) is 0 Å². The quantitative estimate of drug-likeness (QED) is 0.828. The van der Waals surface area contributed by atoms with Gasteiger partial charge in [-0.3, -0.25) is 0 Å². The molecule has 3 rings (SSSR count). The molecule has 0 spiro atoms. The zero-order chi connectivity index (χ0) is 19.2. The van der Waals surface area contributed by atoms with Crippen LogP contribution in [0.15, 0.2) is 48.5 Å². The molecule has 2 aromatic rings. The summed E-state index contributed by atoms with van der Waals surface area (Å²) in [7, 11) is 1.61. The molecule has 1 aliphatic carbocycles. The number of aliphatic hydroxyl groups excluding tert-OH is 1. The van der Waals surface area contributed by atoms with Gasteiger partial charge in [0.05, 0.1) is 13.2 Å². The number of hydrogen-bond donors (Lipinski definition) is 2. The summed E-state index contributed by atoms with van der Waals surface area (Å²) in [6.45, 7) is 0.436. The number of nitrogens with zero attached hydrogens (tertiary/aromatic N) is 1. The number of aliphatic hydroxyl groups is 1. The van der Waals surface area contributed by atoms with Crippen molar-refractivity contribution in [1.29, 1.82) is 0 Å². The Kier molecular flexibility index (Phi) is 6.29. The number of halogens is 1. The smallest absolute Gasteiger partial charge is 0.322 e. The summed E-state index contributed by atoms with van der Waals surface area (Å²) in [5.74, 6) is 0.396. The Labute approximate surface area is 158 Å². The van der Waals surface area contributed by atoms with Crippen LogP contribution in [0, 0.1) is 5.82 Å². The largest absolute Gasteiger partial charge is 0.497 e. The Morgan fingerprint density at radius 1 is 1.19 bits per heavy atom. The van der Waals surface area contributed by atoms with Crippen molar-refractivity contribution in [3.05, 3.63) is 59.9 Å². The van der Waals surface area contributed by atoms with Gasteiger partial charge < -0.3 is 20.1 Å². The molecule has 0 heterocycles. The molecule has 1 fully saturated rings. The number of amides is 2. The highest BCUT2D eigenvalue weighted by Crippen LogP contribution is 2.26. The topological polar surface area (TPSA) is 61.8 Å². The van der Waals surface area contributed by atoms with Gasteiger partial charge >= 0.3 is 6.03 Å². The zero-order valence-electron chi connectivity index (χ0n) is 15.4. The van der Waals surface area contributed by atoms with E-state index in [0.29, 0.717) is 25.1 Å². The Bertz CT molecular complexity index is 758. The van der Waals surface area contributed by atoms with Gasteiger partial charge in [0.25, 0.3) is 0 Å². The number of hydrogen-bond acceptors (Lipinski definition) is 3. The van der Waals surface area contributed by atoms with Crippen molar-refractivity contribution in [2.75, 3.05) is 12.4 Å². The van der Waals surface area contributed by atoms with Gasteiger partial charge in [-0.25, -0.2) is 9.18 Å². The van der Waals surface area contributed by atoms with Gasteiger partial charge in [0, 0.05) is 18.3 Å². The first-order valence-corrected chi connectivity index (χ1v) is 9.19. The molecular weight excluding hydrogens is 347 g/mol. The highest BCUT2D eigenvalue weighted by atomic mass is 19.1.